The lowest BCUT2D eigenvalue weighted by Crippen LogP contribution is -2.41. The molecule has 0 saturated carbocycles. The van der Waals surface area contributed by atoms with Crippen molar-refractivity contribution in [2.45, 2.75) is 18.9 Å². The molecule has 1 rings (SSSR count). The first-order valence-corrected chi connectivity index (χ1v) is 10.9. The van der Waals surface area contributed by atoms with Crippen LogP contribution in [-0.4, -0.2) is 74.4 Å². The topological polar surface area (TPSA) is 150 Å². The van der Waals surface area contributed by atoms with Gasteiger partial charge in [-0.25, -0.2) is 4.79 Å². The van der Waals surface area contributed by atoms with Gasteiger partial charge in [0.15, 0.2) is 0 Å². The molecule has 1 aromatic carbocycles. The molecule has 0 aliphatic carbocycles. The fraction of sp³-hybridized carbons (Fsp3) is 0.471. The number of aliphatic carboxylic acids is 2. The summed E-state index contributed by atoms with van der Waals surface area (Å²) in [5, 5.41) is 20.1. The number of carboxylic acids is 2. The van der Waals surface area contributed by atoms with Crippen molar-refractivity contribution in [3.05, 3.63) is 29.8 Å². The highest BCUT2D eigenvalue weighted by Crippen LogP contribution is 2.16. The van der Waals surface area contributed by atoms with Crippen molar-refractivity contribution in [1.82, 2.24) is 5.32 Å². The lowest BCUT2D eigenvalue weighted by molar-refractivity contribution is -0.140. The van der Waals surface area contributed by atoms with E-state index in [9.17, 15) is 22.8 Å². The van der Waals surface area contributed by atoms with Gasteiger partial charge < -0.3 is 20.4 Å². The van der Waals surface area contributed by atoms with E-state index in [1.54, 1.807) is 17.0 Å². The van der Waals surface area contributed by atoms with Crippen molar-refractivity contribution in [3.63, 3.8) is 0 Å². The van der Waals surface area contributed by atoms with Crippen LogP contribution in [-0.2, 0) is 23.9 Å². The van der Waals surface area contributed by atoms with E-state index in [2.05, 4.69) is 5.32 Å². The van der Waals surface area contributed by atoms with Gasteiger partial charge in [-0.2, -0.15) is 8.42 Å². The van der Waals surface area contributed by atoms with Crippen LogP contribution in [0.25, 0.3) is 0 Å². The Morgan fingerprint density at radius 3 is 2.28 bits per heavy atom. The van der Waals surface area contributed by atoms with E-state index in [0.717, 1.165) is 6.26 Å². The number of alkyl halides is 1. The molecule has 0 unspecified atom stereocenters. The van der Waals surface area contributed by atoms with Crippen LogP contribution in [0.1, 0.15) is 23.2 Å². The molecular weight excluding hydrogens is 428 g/mol. The van der Waals surface area contributed by atoms with Crippen molar-refractivity contribution < 1.29 is 37.2 Å². The van der Waals surface area contributed by atoms with Crippen LogP contribution < -0.4 is 10.2 Å². The van der Waals surface area contributed by atoms with Crippen molar-refractivity contribution >= 4 is 45.3 Å². The largest absolute Gasteiger partial charge is 0.481 e. The summed E-state index contributed by atoms with van der Waals surface area (Å²) in [4.78, 5) is 35.8. The number of benzene rings is 1. The maximum absolute atomic E-state index is 12.3. The van der Waals surface area contributed by atoms with Gasteiger partial charge in [-0.3, -0.25) is 13.8 Å². The van der Waals surface area contributed by atoms with Gasteiger partial charge in [0.25, 0.3) is 16.0 Å². The molecule has 1 aromatic rings. The number of hydrogen-bond acceptors (Lipinski definition) is 7. The molecule has 3 N–H and O–H groups in total. The van der Waals surface area contributed by atoms with Gasteiger partial charge in [-0.15, -0.1) is 11.6 Å². The summed E-state index contributed by atoms with van der Waals surface area (Å²) in [7, 11) is -3.56. The predicted molar refractivity (Wildman–Crippen MR) is 106 cm³/mol. The number of carbonyl (C=O) groups excluding carboxylic acids is 1. The minimum Gasteiger partial charge on any atom is -0.481 e. The number of rotatable bonds is 13. The summed E-state index contributed by atoms with van der Waals surface area (Å²) < 4.78 is 26.8. The summed E-state index contributed by atoms with van der Waals surface area (Å²) >= 11 is 5.77. The lowest BCUT2D eigenvalue weighted by atomic mass is 10.1. The van der Waals surface area contributed by atoms with Crippen LogP contribution in [0.4, 0.5) is 5.69 Å². The summed E-state index contributed by atoms with van der Waals surface area (Å²) in [5.74, 6) is -2.85. The molecule has 0 heterocycles. The average Bonchev–Trinajstić information content (AvgIpc) is 2.63. The number of carbonyl (C=O) groups is 3. The van der Waals surface area contributed by atoms with Crippen molar-refractivity contribution in [3.8, 4) is 0 Å². The third-order valence-electron chi connectivity index (χ3n) is 3.76. The van der Waals surface area contributed by atoms with Crippen molar-refractivity contribution in [2.75, 3.05) is 36.7 Å². The number of halogens is 1. The molecule has 162 valence electrons. The summed E-state index contributed by atoms with van der Waals surface area (Å²) in [6.45, 7) is 0.597. The van der Waals surface area contributed by atoms with Gasteiger partial charge in [0.05, 0.1) is 12.9 Å². The van der Waals surface area contributed by atoms with Gasteiger partial charge in [0, 0.05) is 36.6 Å². The Bertz CT molecular complexity index is 813. The summed E-state index contributed by atoms with van der Waals surface area (Å²) in [5.41, 5.74) is 0.855. The molecular formula is C17H23ClN2O8S. The molecule has 1 amide bonds. The minimum absolute atomic E-state index is 0.0676. The molecule has 10 nitrogen and oxygen atoms in total. The Morgan fingerprint density at radius 1 is 1.17 bits per heavy atom. The maximum Gasteiger partial charge on any atom is 0.326 e. The monoisotopic (exact) mass is 450 g/mol. The smallest absolute Gasteiger partial charge is 0.326 e. The zero-order valence-electron chi connectivity index (χ0n) is 15.7. The van der Waals surface area contributed by atoms with Crippen LogP contribution in [0.2, 0.25) is 0 Å². The minimum atomic E-state index is -3.56. The quantitative estimate of drug-likeness (QED) is 0.292. The average molecular weight is 451 g/mol. The zero-order valence-corrected chi connectivity index (χ0v) is 17.3. The van der Waals surface area contributed by atoms with Crippen molar-refractivity contribution in [2.24, 2.45) is 0 Å². The summed E-state index contributed by atoms with van der Waals surface area (Å²) in [6.07, 6.45) is 0.324. The van der Waals surface area contributed by atoms with E-state index in [0.29, 0.717) is 12.2 Å². The molecule has 1 atom stereocenters. The molecule has 0 radical (unpaired) electrons. The first-order chi connectivity index (χ1) is 13.5. The van der Waals surface area contributed by atoms with E-state index in [4.69, 9.17) is 26.0 Å². The Balaban J connectivity index is 2.79. The second kappa shape index (κ2) is 11.6. The number of amides is 1. The first kappa shape index (κ1) is 24.7. The number of nitrogens with zero attached hydrogens (tertiary/aromatic N) is 1. The van der Waals surface area contributed by atoms with Gasteiger partial charge in [0.2, 0.25) is 0 Å². The predicted octanol–water partition coefficient (Wildman–Crippen LogP) is 0.756. The molecule has 0 saturated heterocycles. The van der Waals surface area contributed by atoms with Crippen molar-refractivity contribution in [1.29, 1.82) is 0 Å². The number of anilines is 1. The Morgan fingerprint density at radius 2 is 1.79 bits per heavy atom. The van der Waals surface area contributed by atoms with Gasteiger partial charge >= 0.3 is 11.9 Å². The molecule has 0 aliphatic rings. The van der Waals surface area contributed by atoms with Crippen LogP contribution in [0.15, 0.2) is 24.3 Å². The standard InChI is InChI=1S/C17H23ClN2O8S/c1-29(26,27)28-11-10-20(9-8-18)13-4-2-12(3-5-13)16(23)19-14(17(24)25)6-7-15(21)22/h2-5,14H,6-11H2,1H3,(H,19,23)(H,21,22)(H,24,25)/t14-/m0/s1. The van der Waals surface area contributed by atoms with Crippen LogP contribution in [0.3, 0.4) is 0 Å². The Labute approximate surface area is 173 Å². The van der Waals surface area contributed by atoms with Gasteiger partial charge in [-0.05, 0) is 30.7 Å². The number of nitrogens with one attached hydrogen (secondary N) is 1. The fourth-order valence-electron chi connectivity index (χ4n) is 2.36. The molecule has 0 spiro atoms. The molecule has 0 aromatic heterocycles. The number of carboxylic acid groups (broad SMARTS) is 2. The number of hydrogen-bond donors (Lipinski definition) is 3. The normalized spacial score (nSPS) is 12.2. The molecule has 29 heavy (non-hydrogen) atoms. The second-order valence-electron chi connectivity index (χ2n) is 6.05. The highest BCUT2D eigenvalue weighted by atomic mass is 35.5. The Kier molecular flexibility index (Phi) is 9.86. The van der Waals surface area contributed by atoms with Crippen LogP contribution in [0, 0.1) is 0 Å². The molecule has 0 aliphatic heterocycles. The summed E-state index contributed by atoms with van der Waals surface area (Å²) in [6, 6.07) is 4.84. The van der Waals surface area contributed by atoms with E-state index in [1.165, 1.54) is 12.1 Å². The molecule has 0 fully saturated rings. The molecule has 0 bridgehead atoms. The van der Waals surface area contributed by atoms with E-state index < -0.39 is 34.0 Å². The van der Waals surface area contributed by atoms with E-state index >= 15 is 0 Å². The first-order valence-electron chi connectivity index (χ1n) is 8.54. The highest BCUT2D eigenvalue weighted by molar-refractivity contribution is 7.85. The van der Waals surface area contributed by atoms with Gasteiger partial charge in [-0.1, -0.05) is 0 Å². The van der Waals surface area contributed by atoms with E-state index in [1.807, 2.05) is 0 Å². The third-order valence-corrected chi connectivity index (χ3v) is 4.52. The maximum atomic E-state index is 12.3. The fourth-order valence-corrected chi connectivity index (χ4v) is 2.94. The lowest BCUT2D eigenvalue weighted by Gasteiger charge is -2.23. The highest BCUT2D eigenvalue weighted by Gasteiger charge is 2.21. The van der Waals surface area contributed by atoms with Gasteiger partial charge in [0.1, 0.15) is 6.04 Å². The van der Waals surface area contributed by atoms with Crippen LogP contribution >= 0.6 is 11.6 Å². The molecule has 12 heteroatoms. The zero-order chi connectivity index (χ0) is 22.0. The third kappa shape index (κ3) is 9.59. The second-order valence-corrected chi connectivity index (χ2v) is 8.07. The van der Waals surface area contributed by atoms with E-state index in [-0.39, 0.29) is 37.4 Å². The van der Waals surface area contributed by atoms with Crippen LogP contribution in [0.5, 0.6) is 0 Å². The SMILES string of the molecule is CS(=O)(=O)OCCN(CCCl)c1ccc(C(=O)N[C@@H](CCC(=O)O)C(=O)O)cc1. The Hall–Kier alpha value is -2.37.